The van der Waals surface area contributed by atoms with Crippen LogP contribution in [0.1, 0.15) is 60.3 Å². The molecule has 3 amide bonds. The first-order valence-electron chi connectivity index (χ1n) is 6.75. The quantitative estimate of drug-likeness (QED) is 0.698. The number of carbonyl (C=O) groups is 3. The van der Waals surface area contributed by atoms with E-state index < -0.39 is 23.4 Å². The molecule has 0 bridgehead atoms. The molecular weight excluding hydrogens is 260 g/mol. The molecule has 0 fully saturated rings. The van der Waals surface area contributed by atoms with Crippen LogP contribution in [0.25, 0.3) is 0 Å². The smallest absolute Gasteiger partial charge is 0.321 e. The van der Waals surface area contributed by atoms with Gasteiger partial charge in [0.1, 0.15) is 0 Å². The second kappa shape index (κ2) is 7.26. The van der Waals surface area contributed by atoms with Crippen molar-refractivity contribution in [2.75, 3.05) is 0 Å². The van der Waals surface area contributed by atoms with Crippen molar-refractivity contribution in [3.8, 4) is 0 Å². The van der Waals surface area contributed by atoms with Gasteiger partial charge in [0, 0.05) is 18.4 Å². The predicted octanol–water partition coefficient (Wildman–Crippen LogP) is 2.28. The summed E-state index contributed by atoms with van der Waals surface area (Å²) in [5, 5.41) is 13.4. The first kappa shape index (κ1) is 18.4. The molecular formula is C14H26N2O4. The Balaban J connectivity index is 4.15. The van der Waals surface area contributed by atoms with Crippen LogP contribution in [-0.2, 0) is 9.59 Å². The van der Waals surface area contributed by atoms with Crippen molar-refractivity contribution in [1.29, 1.82) is 0 Å². The Morgan fingerprint density at radius 1 is 1.00 bits per heavy atom. The average molecular weight is 286 g/mol. The number of urea groups is 1. The Morgan fingerprint density at radius 3 is 2.00 bits per heavy atom. The molecule has 6 nitrogen and oxygen atoms in total. The van der Waals surface area contributed by atoms with Crippen LogP contribution in [0, 0.1) is 5.41 Å². The van der Waals surface area contributed by atoms with Gasteiger partial charge in [-0.15, -0.1) is 0 Å². The van der Waals surface area contributed by atoms with Crippen LogP contribution >= 0.6 is 0 Å². The van der Waals surface area contributed by atoms with E-state index in [-0.39, 0.29) is 24.7 Å². The second-order valence-electron chi connectivity index (χ2n) is 6.87. The summed E-state index contributed by atoms with van der Waals surface area (Å²) >= 11 is 0. The molecule has 6 heteroatoms. The number of amides is 3. The van der Waals surface area contributed by atoms with Crippen molar-refractivity contribution >= 4 is 17.9 Å². The monoisotopic (exact) mass is 286 g/mol. The van der Waals surface area contributed by atoms with Crippen LogP contribution in [0.2, 0.25) is 0 Å². The minimum absolute atomic E-state index is 0.0272. The van der Waals surface area contributed by atoms with E-state index in [0.717, 1.165) is 6.42 Å². The number of aliphatic carboxylic acids is 1. The largest absolute Gasteiger partial charge is 0.481 e. The zero-order chi connectivity index (χ0) is 16.0. The van der Waals surface area contributed by atoms with Crippen molar-refractivity contribution in [2.45, 2.75) is 65.8 Å². The number of carbonyl (C=O) groups excluding carboxylic acids is 2. The first-order valence-corrected chi connectivity index (χ1v) is 6.75. The summed E-state index contributed by atoms with van der Waals surface area (Å²) in [7, 11) is 0. The molecule has 0 saturated carbocycles. The van der Waals surface area contributed by atoms with Gasteiger partial charge in [0.15, 0.2) is 0 Å². The lowest BCUT2D eigenvalue weighted by Gasteiger charge is -2.33. The van der Waals surface area contributed by atoms with E-state index in [9.17, 15) is 14.4 Å². The third-order valence-corrected chi connectivity index (χ3v) is 2.47. The summed E-state index contributed by atoms with van der Waals surface area (Å²) < 4.78 is 0. The molecule has 0 aliphatic carbocycles. The van der Waals surface area contributed by atoms with Crippen molar-refractivity contribution in [2.24, 2.45) is 5.41 Å². The zero-order valence-electron chi connectivity index (χ0n) is 13.0. The van der Waals surface area contributed by atoms with Crippen LogP contribution in [0.15, 0.2) is 0 Å². The number of rotatable bonds is 6. The Bertz CT molecular complexity index is 370. The molecule has 0 aromatic rings. The van der Waals surface area contributed by atoms with Crippen LogP contribution in [0.5, 0.6) is 0 Å². The van der Waals surface area contributed by atoms with Gasteiger partial charge in [-0.25, -0.2) is 4.79 Å². The summed E-state index contributed by atoms with van der Waals surface area (Å²) in [5.41, 5.74) is -0.369. The predicted molar refractivity (Wildman–Crippen MR) is 76.3 cm³/mol. The summed E-state index contributed by atoms with van der Waals surface area (Å²) in [6.07, 6.45) is 0.935. The molecule has 0 heterocycles. The number of carboxylic acids is 1. The van der Waals surface area contributed by atoms with Crippen LogP contribution in [0.4, 0.5) is 4.79 Å². The summed E-state index contributed by atoms with van der Waals surface area (Å²) in [6.45, 7) is 10.0. The topological polar surface area (TPSA) is 95.5 Å². The summed E-state index contributed by atoms with van der Waals surface area (Å²) in [5.74, 6) is -1.41. The van der Waals surface area contributed by atoms with E-state index in [1.54, 1.807) is 0 Å². The Labute approximate surface area is 120 Å². The molecule has 3 N–H and O–H groups in total. The minimum atomic E-state index is -0.950. The number of nitrogens with one attached hydrogen (secondary N) is 2. The number of imide groups is 1. The minimum Gasteiger partial charge on any atom is -0.481 e. The molecule has 0 unspecified atom stereocenters. The van der Waals surface area contributed by atoms with E-state index in [1.165, 1.54) is 0 Å². The van der Waals surface area contributed by atoms with Gasteiger partial charge >= 0.3 is 12.0 Å². The number of hydrogen-bond acceptors (Lipinski definition) is 3. The standard InChI is InChI=1S/C14H26N2O4/c1-13(2,3)9-14(4,5)16-12(20)15-10(17)7-6-8-11(18)19/h6-9H2,1-5H3,(H,18,19)(H2,15,16,17,20). The molecule has 0 atom stereocenters. The molecule has 0 aromatic heterocycles. The van der Waals surface area contributed by atoms with E-state index in [0.29, 0.717) is 0 Å². The van der Waals surface area contributed by atoms with Crippen molar-refractivity contribution in [1.82, 2.24) is 10.6 Å². The van der Waals surface area contributed by atoms with Gasteiger partial charge in [0.2, 0.25) is 5.91 Å². The van der Waals surface area contributed by atoms with Gasteiger partial charge in [-0.3, -0.25) is 14.9 Å². The van der Waals surface area contributed by atoms with Gasteiger partial charge < -0.3 is 10.4 Å². The van der Waals surface area contributed by atoms with Crippen LogP contribution in [0.3, 0.4) is 0 Å². The molecule has 0 aliphatic rings. The maximum absolute atomic E-state index is 11.7. The van der Waals surface area contributed by atoms with E-state index in [1.807, 2.05) is 13.8 Å². The summed E-state index contributed by atoms with van der Waals surface area (Å²) in [6, 6.07) is -0.542. The van der Waals surface area contributed by atoms with E-state index in [4.69, 9.17) is 5.11 Å². The highest BCUT2D eigenvalue weighted by atomic mass is 16.4. The maximum Gasteiger partial charge on any atom is 0.321 e. The van der Waals surface area contributed by atoms with Gasteiger partial charge in [-0.1, -0.05) is 20.8 Å². The van der Waals surface area contributed by atoms with E-state index in [2.05, 4.69) is 31.4 Å². The van der Waals surface area contributed by atoms with Crippen molar-refractivity contribution in [3.05, 3.63) is 0 Å². The summed E-state index contributed by atoms with van der Waals surface area (Å²) in [4.78, 5) is 33.4. The maximum atomic E-state index is 11.7. The van der Waals surface area contributed by atoms with Gasteiger partial charge in [-0.2, -0.15) is 0 Å². The molecule has 0 rings (SSSR count). The first-order chi connectivity index (χ1) is 8.91. The molecule has 0 spiro atoms. The van der Waals surface area contributed by atoms with Gasteiger partial charge in [0.25, 0.3) is 0 Å². The van der Waals surface area contributed by atoms with Gasteiger partial charge in [0.05, 0.1) is 0 Å². The SMILES string of the molecule is CC(C)(C)CC(C)(C)NC(=O)NC(=O)CCCC(=O)O. The number of carboxylic acid groups (broad SMARTS) is 1. The molecule has 0 radical (unpaired) electrons. The second-order valence-corrected chi connectivity index (χ2v) is 6.87. The zero-order valence-corrected chi connectivity index (χ0v) is 13.0. The van der Waals surface area contributed by atoms with E-state index >= 15 is 0 Å². The van der Waals surface area contributed by atoms with Crippen LogP contribution in [-0.4, -0.2) is 28.6 Å². The highest BCUT2D eigenvalue weighted by Gasteiger charge is 2.27. The molecule has 0 aliphatic heterocycles. The highest BCUT2D eigenvalue weighted by molar-refractivity contribution is 5.94. The third-order valence-electron chi connectivity index (χ3n) is 2.47. The molecule has 116 valence electrons. The Kier molecular flexibility index (Phi) is 6.68. The lowest BCUT2D eigenvalue weighted by Crippen LogP contribution is -2.51. The molecule has 0 aromatic carbocycles. The normalized spacial score (nSPS) is 11.8. The lowest BCUT2D eigenvalue weighted by molar-refractivity contribution is -0.137. The lowest BCUT2D eigenvalue weighted by atomic mass is 9.82. The van der Waals surface area contributed by atoms with Gasteiger partial charge in [-0.05, 0) is 32.1 Å². The number of hydrogen-bond donors (Lipinski definition) is 3. The fourth-order valence-electron chi connectivity index (χ4n) is 2.30. The highest BCUT2D eigenvalue weighted by Crippen LogP contribution is 2.26. The van der Waals surface area contributed by atoms with Crippen molar-refractivity contribution in [3.63, 3.8) is 0 Å². The Morgan fingerprint density at radius 2 is 1.55 bits per heavy atom. The molecule has 0 saturated heterocycles. The third kappa shape index (κ3) is 10.3. The average Bonchev–Trinajstić information content (AvgIpc) is 2.10. The fraction of sp³-hybridized carbons (Fsp3) is 0.786. The molecule has 20 heavy (non-hydrogen) atoms. The Hall–Kier alpha value is -1.59. The van der Waals surface area contributed by atoms with Crippen molar-refractivity contribution < 1.29 is 19.5 Å². The fourth-order valence-corrected chi connectivity index (χ4v) is 2.30. The van der Waals surface area contributed by atoms with Crippen LogP contribution < -0.4 is 10.6 Å².